The van der Waals surface area contributed by atoms with Crippen molar-refractivity contribution in [3.05, 3.63) is 29.3 Å². The molecule has 0 radical (unpaired) electrons. The van der Waals surface area contributed by atoms with Gasteiger partial charge in [0.25, 0.3) is 0 Å². The first kappa shape index (κ1) is 11.0. The van der Waals surface area contributed by atoms with Crippen LogP contribution in [0.2, 0.25) is 0 Å². The lowest BCUT2D eigenvalue weighted by atomic mass is 10.1. The van der Waals surface area contributed by atoms with Crippen LogP contribution in [0.25, 0.3) is 0 Å². The predicted molar refractivity (Wildman–Crippen MR) is 54.9 cm³/mol. The average Bonchev–Trinajstić information content (AvgIpc) is 2.28. The van der Waals surface area contributed by atoms with E-state index < -0.39 is 5.97 Å². The van der Waals surface area contributed by atoms with Gasteiger partial charge in [0, 0.05) is 0 Å². The molecule has 5 nitrogen and oxygen atoms in total. The SMILES string of the molecule is CCOC(=O)c1c(C#N)cccc1NN. The smallest absolute Gasteiger partial charge is 0.341 e. The monoisotopic (exact) mass is 205 g/mol. The number of nitrogens with one attached hydrogen (secondary N) is 1. The molecule has 3 N–H and O–H groups in total. The minimum absolute atomic E-state index is 0.171. The van der Waals surface area contributed by atoms with Crippen LogP contribution in [0.15, 0.2) is 18.2 Å². The van der Waals surface area contributed by atoms with Crippen LogP contribution >= 0.6 is 0 Å². The second kappa shape index (κ2) is 4.98. The van der Waals surface area contributed by atoms with Crippen LogP contribution in [0, 0.1) is 11.3 Å². The number of nitriles is 1. The van der Waals surface area contributed by atoms with E-state index in [2.05, 4.69) is 5.43 Å². The van der Waals surface area contributed by atoms with E-state index in [1.807, 2.05) is 6.07 Å². The van der Waals surface area contributed by atoms with Crippen molar-refractivity contribution >= 4 is 11.7 Å². The number of benzene rings is 1. The number of esters is 1. The summed E-state index contributed by atoms with van der Waals surface area (Å²) < 4.78 is 4.83. The number of nitrogens with zero attached hydrogens (tertiary/aromatic N) is 1. The molecule has 15 heavy (non-hydrogen) atoms. The van der Waals surface area contributed by atoms with Gasteiger partial charge in [-0.05, 0) is 19.1 Å². The minimum atomic E-state index is -0.553. The molecule has 0 heterocycles. The van der Waals surface area contributed by atoms with E-state index in [4.69, 9.17) is 15.8 Å². The fourth-order valence-corrected chi connectivity index (χ4v) is 1.19. The van der Waals surface area contributed by atoms with Crippen LogP contribution in [0.4, 0.5) is 5.69 Å². The topological polar surface area (TPSA) is 88.1 Å². The summed E-state index contributed by atoms with van der Waals surface area (Å²) in [5.41, 5.74) is 3.15. The maximum atomic E-state index is 11.5. The maximum Gasteiger partial charge on any atom is 0.341 e. The number of nitrogens with two attached hydrogens (primary N) is 1. The molecule has 0 aromatic heterocycles. The Labute approximate surface area is 87.4 Å². The molecule has 0 aliphatic rings. The van der Waals surface area contributed by atoms with E-state index in [0.717, 1.165) is 0 Å². The van der Waals surface area contributed by atoms with Crippen LogP contribution in [-0.2, 0) is 4.74 Å². The van der Waals surface area contributed by atoms with Gasteiger partial charge in [0.05, 0.1) is 17.9 Å². The number of hydrogen-bond acceptors (Lipinski definition) is 5. The van der Waals surface area contributed by atoms with E-state index in [1.54, 1.807) is 19.1 Å². The standard InChI is InChI=1S/C10H11N3O2/c1-2-15-10(14)9-7(6-11)4-3-5-8(9)13-12/h3-5,13H,2,12H2,1H3. The maximum absolute atomic E-state index is 11.5. The fourth-order valence-electron chi connectivity index (χ4n) is 1.19. The highest BCUT2D eigenvalue weighted by Gasteiger charge is 2.16. The normalized spacial score (nSPS) is 9.13. The second-order valence-electron chi connectivity index (χ2n) is 2.70. The molecule has 0 unspecified atom stereocenters. The summed E-state index contributed by atoms with van der Waals surface area (Å²) in [4.78, 5) is 11.5. The number of rotatable bonds is 3. The van der Waals surface area contributed by atoms with Crippen LogP contribution in [0.5, 0.6) is 0 Å². The first-order chi connectivity index (χ1) is 7.24. The third kappa shape index (κ3) is 2.24. The third-order valence-electron chi connectivity index (χ3n) is 1.82. The lowest BCUT2D eigenvalue weighted by molar-refractivity contribution is 0.0527. The van der Waals surface area contributed by atoms with Crippen LogP contribution in [0.1, 0.15) is 22.8 Å². The zero-order valence-corrected chi connectivity index (χ0v) is 8.28. The molecular weight excluding hydrogens is 194 g/mol. The molecule has 0 atom stereocenters. The van der Waals surface area contributed by atoms with Gasteiger partial charge in [-0.15, -0.1) is 0 Å². The molecule has 0 spiro atoms. The van der Waals surface area contributed by atoms with E-state index in [9.17, 15) is 4.79 Å². The first-order valence-electron chi connectivity index (χ1n) is 4.41. The van der Waals surface area contributed by atoms with Gasteiger partial charge >= 0.3 is 5.97 Å². The number of nitrogen functional groups attached to an aromatic ring is 1. The average molecular weight is 205 g/mol. The lowest BCUT2D eigenvalue weighted by Gasteiger charge is -2.09. The molecule has 78 valence electrons. The molecule has 5 heteroatoms. The minimum Gasteiger partial charge on any atom is -0.462 e. The van der Waals surface area contributed by atoms with Gasteiger partial charge in [-0.1, -0.05) is 6.07 Å². The summed E-state index contributed by atoms with van der Waals surface area (Å²) >= 11 is 0. The Morgan fingerprint density at radius 2 is 2.40 bits per heavy atom. The molecule has 0 amide bonds. The molecule has 1 aromatic carbocycles. The van der Waals surface area contributed by atoms with Gasteiger partial charge in [-0.25, -0.2) is 4.79 Å². The van der Waals surface area contributed by atoms with Gasteiger partial charge in [0.2, 0.25) is 0 Å². The largest absolute Gasteiger partial charge is 0.462 e. The summed E-state index contributed by atoms with van der Waals surface area (Å²) in [7, 11) is 0. The summed E-state index contributed by atoms with van der Waals surface area (Å²) in [5, 5.41) is 8.83. The third-order valence-corrected chi connectivity index (χ3v) is 1.82. The van der Waals surface area contributed by atoms with Crippen molar-refractivity contribution in [2.24, 2.45) is 5.84 Å². The van der Waals surface area contributed by atoms with Crippen LogP contribution in [0.3, 0.4) is 0 Å². The predicted octanol–water partition coefficient (Wildman–Crippen LogP) is 1.02. The van der Waals surface area contributed by atoms with Crippen molar-refractivity contribution in [1.82, 2.24) is 0 Å². The van der Waals surface area contributed by atoms with Crippen molar-refractivity contribution in [2.45, 2.75) is 6.92 Å². The van der Waals surface area contributed by atoms with Gasteiger partial charge in [-0.3, -0.25) is 5.84 Å². The zero-order chi connectivity index (χ0) is 11.3. The van der Waals surface area contributed by atoms with E-state index >= 15 is 0 Å². The molecule has 0 aliphatic carbocycles. The molecule has 1 aromatic rings. The Kier molecular flexibility index (Phi) is 3.66. The van der Waals surface area contributed by atoms with Crippen molar-refractivity contribution in [3.63, 3.8) is 0 Å². The Morgan fingerprint density at radius 1 is 1.67 bits per heavy atom. The summed E-state index contributed by atoms with van der Waals surface area (Å²) in [6.45, 7) is 1.95. The molecule has 0 aliphatic heterocycles. The zero-order valence-electron chi connectivity index (χ0n) is 8.28. The van der Waals surface area contributed by atoms with E-state index in [1.165, 1.54) is 6.07 Å². The number of hydrazine groups is 1. The first-order valence-corrected chi connectivity index (χ1v) is 4.41. The fraction of sp³-hybridized carbons (Fsp3) is 0.200. The highest BCUT2D eigenvalue weighted by atomic mass is 16.5. The highest BCUT2D eigenvalue weighted by molar-refractivity contribution is 5.98. The molecule has 0 fully saturated rings. The molecule has 1 rings (SSSR count). The summed E-state index contributed by atoms with van der Waals surface area (Å²) in [6.07, 6.45) is 0. The number of carbonyl (C=O) groups is 1. The lowest BCUT2D eigenvalue weighted by Crippen LogP contribution is -2.15. The van der Waals surface area contributed by atoms with Gasteiger partial charge in [0.1, 0.15) is 11.6 Å². The van der Waals surface area contributed by atoms with Gasteiger partial charge < -0.3 is 10.2 Å². The number of anilines is 1. The van der Waals surface area contributed by atoms with Crippen LogP contribution in [-0.4, -0.2) is 12.6 Å². The number of hydrogen-bond donors (Lipinski definition) is 2. The highest BCUT2D eigenvalue weighted by Crippen LogP contribution is 2.19. The summed E-state index contributed by atoms with van der Waals surface area (Å²) in [6, 6.07) is 6.69. The van der Waals surface area contributed by atoms with Crippen molar-refractivity contribution in [1.29, 1.82) is 5.26 Å². The quantitative estimate of drug-likeness (QED) is 0.437. The molecule has 0 saturated carbocycles. The number of carbonyl (C=O) groups excluding carboxylic acids is 1. The van der Waals surface area contributed by atoms with Gasteiger partial charge in [-0.2, -0.15) is 5.26 Å². The molecular formula is C10H11N3O2. The Morgan fingerprint density at radius 3 is 2.93 bits per heavy atom. The summed E-state index contributed by atoms with van der Waals surface area (Å²) in [5.74, 6) is 4.69. The van der Waals surface area contributed by atoms with E-state index in [0.29, 0.717) is 5.69 Å². The van der Waals surface area contributed by atoms with Gasteiger partial charge in [0.15, 0.2) is 0 Å². The Balaban J connectivity index is 3.23. The van der Waals surface area contributed by atoms with Crippen molar-refractivity contribution in [3.8, 4) is 6.07 Å². The Hall–Kier alpha value is -2.06. The second-order valence-corrected chi connectivity index (χ2v) is 2.70. The molecule has 0 bridgehead atoms. The van der Waals surface area contributed by atoms with Crippen molar-refractivity contribution < 1.29 is 9.53 Å². The van der Waals surface area contributed by atoms with Crippen molar-refractivity contribution in [2.75, 3.05) is 12.0 Å². The number of ether oxygens (including phenoxy) is 1. The van der Waals surface area contributed by atoms with E-state index in [-0.39, 0.29) is 17.7 Å². The Bertz CT molecular complexity index is 410. The van der Waals surface area contributed by atoms with Crippen LogP contribution < -0.4 is 11.3 Å². The molecule has 0 saturated heterocycles.